The first-order valence-corrected chi connectivity index (χ1v) is 7.91. The largest absolute Gasteiger partial charge is 0.351 e. The number of hydrogen-bond donors (Lipinski definition) is 0. The van der Waals surface area contributed by atoms with Gasteiger partial charge in [0, 0.05) is 37.6 Å². The fourth-order valence-corrected chi connectivity index (χ4v) is 3.28. The topological polar surface area (TPSA) is 62.5 Å². The van der Waals surface area contributed by atoms with E-state index in [2.05, 4.69) is 20.4 Å². The highest BCUT2D eigenvalue weighted by atomic mass is 32.1. The van der Waals surface area contributed by atoms with Crippen LogP contribution in [0.4, 0.5) is 5.13 Å². The molecule has 1 amide bonds. The third-order valence-electron chi connectivity index (χ3n) is 3.50. The normalized spacial score (nSPS) is 16.1. The number of amides is 1. The van der Waals surface area contributed by atoms with E-state index in [-0.39, 0.29) is 5.91 Å². The molecule has 0 atom stereocenters. The number of nitrogens with zero attached hydrogens (tertiary/aromatic N) is 4. The van der Waals surface area contributed by atoms with Gasteiger partial charge in [0.1, 0.15) is 0 Å². The van der Waals surface area contributed by atoms with Crippen LogP contribution in [0, 0.1) is 13.8 Å². The molecule has 1 fully saturated rings. The van der Waals surface area contributed by atoms with Crippen LogP contribution < -0.4 is 4.90 Å². The zero-order valence-electron chi connectivity index (χ0n) is 12.2. The van der Waals surface area contributed by atoms with Crippen LogP contribution in [0.5, 0.6) is 0 Å². The Labute approximate surface area is 127 Å². The standard InChI is InChI=1S/C14H18N4O2S/c1-10-8-12(20-16-10)13(19)17-4-3-5-18(7-6-17)14-15-11(2)9-21-14/h8-9H,3-7H2,1-2H3. The van der Waals surface area contributed by atoms with Crippen molar-refractivity contribution in [1.82, 2.24) is 15.0 Å². The number of rotatable bonds is 2. The highest BCUT2D eigenvalue weighted by Gasteiger charge is 2.23. The molecule has 0 spiro atoms. The molecule has 3 heterocycles. The van der Waals surface area contributed by atoms with Crippen molar-refractivity contribution in [3.8, 4) is 0 Å². The lowest BCUT2D eigenvalue weighted by Gasteiger charge is -2.20. The summed E-state index contributed by atoms with van der Waals surface area (Å²) < 4.78 is 5.07. The van der Waals surface area contributed by atoms with Crippen molar-refractivity contribution < 1.29 is 9.32 Å². The molecule has 1 saturated heterocycles. The lowest BCUT2D eigenvalue weighted by molar-refractivity contribution is 0.0725. The van der Waals surface area contributed by atoms with E-state index in [1.807, 2.05) is 18.7 Å². The minimum atomic E-state index is -0.0761. The van der Waals surface area contributed by atoms with E-state index in [0.29, 0.717) is 12.3 Å². The van der Waals surface area contributed by atoms with E-state index in [9.17, 15) is 4.79 Å². The van der Waals surface area contributed by atoms with Gasteiger partial charge < -0.3 is 14.3 Å². The van der Waals surface area contributed by atoms with E-state index in [1.165, 1.54) is 0 Å². The monoisotopic (exact) mass is 306 g/mol. The maximum atomic E-state index is 12.4. The minimum Gasteiger partial charge on any atom is -0.351 e. The number of aryl methyl sites for hydroxylation is 2. The molecule has 112 valence electrons. The molecule has 0 bridgehead atoms. The van der Waals surface area contributed by atoms with Crippen molar-refractivity contribution in [3.05, 3.63) is 28.6 Å². The first kappa shape index (κ1) is 14.1. The predicted molar refractivity (Wildman–Crippen MR) is 80.8 cm³/mol. The molecule has 21 heavy (non-hydrogen) atoms. The van der Waals surface area contributed by atoms with Gasteiger partial charge in [0.25, 0.3) is 5.91 Å². The smallest absolute Gasteiger partial charge is 0.292 e. The first-order chi connectivity index (χ1) is 10.1. The Morgan fingerprint density at radius 1 is 1.24 bits per heavy atom. The van der Waals surface area contributed by atoms with Gasteiger partial charge in [-0.25, -0.2) is 4.98 Å². The van der Waals surface area contributed by atoms with Gasteiger partial charge in [0.05, 0.1) is 11.4 Å². The second-order valence-electron chi connectivity index (χ2n) is 5.24. The molecular formula is C14H18N4O2S. The summed E-state index contributed by atoms with van der Waals surface area (Å²) in [7, 11) is 0. The fraction of sp³-hybridized carbons (Fsp3) is 0.500. The number of anilines is 1. The Hall–Kier alpha value is -1.89. The summed E-state index contributed by atoms with van der Waals surface area (Å²) in [4.78, 5) is 21.0. The lowest BCUT2D eigenvalue weighted by Crippen LogP contribution is -2.35. The summed E-state index contributed by atoms with van der Waals surface area (Å²) in [5.41, 5.74) is 1.78. The Bertz CT molecular complexity index is 636. The highest BCUT2D eigenvalue weighted by Crippen LogP contribution is 2.21. The molecule has 1 aliphatic heterocycles. The second-order valence-corrected chi connectivity index (χ2v) is 6.07. The lowest BCUT2D eigenvalue weighted by atomic mass is 10.3. The van der Waals surface area contributed by atoms with Crippen LogP contribution in [0.3, 0.4) is 0 Å². The zero-order valence-corrected chi connectivity index (χ0v) is 13.0. The zero-order chi connectivity index (χ0) is 14.8. The van der Waals surface area contributed by atoms with E-state index < -0.39 is 0 Å². The first-order valence-electron chi connectivity index (χ1n) is 7.03. The van der Waals surface area contributed by atoms with Gasteiger partial charge in [-0.15, -0.1) is 11.3 Å². The fourth-order valence-electron chi connectivity index (χ4n) is 2.42. The van der Waals surface area contributed by atoms with Crippen molar-refractivity contribution in [2.24, 2.45) is 0 Å². The maximum absolute atomic E-state index is 12.4. The quantitative estimate of drug-likeness (QED) is 0.850. The predicted octanol–water partition coefficient (Wildman–Crippen LogP) is 2.10. The number of aromatic nitrogens is 2. The van der Waals surface area contributed by atoms with E-state index in [0.717, 1.165) is 42.6 Å². The molecule has 0 aliphatic carbocycles. The molecule has 2 aromatic heterocycles. The van der Waals surface area contributed by atoms with Gasteiger partial charge in [0.2, 0.25) is 5.76 Å². The Morgan fingerprint density at radius 2 is 2.10 bits per heavy atom. The molecule has 1 aliphatic rings. The van der Waals surface area contributed by atoms with E-state index in [4.69, 9.17) is 4.52 Å². The maximum Gasteiger partial charge on any atom is 0.292 e. The summed E-state index contributed by atoms with van der Waals surface area (Å²) in [6, 6.07) is 1.69. The molecule has 6 nitrogen and oxygen atoms in total. The molecule has 3 rings (SSSR count). The highest BCUT2D eigenvalue weighted by molar-refractivity contribution is 7.13. The van der Waals surface area contributed by atoms with Crippen molar-refractivity contribution in [2.45, 2.75) is 20.3 Å². The molecule has 0 unspecified atom stereocenters. The Morgan fingerprint density at radius 3 is 2.76 bits per heavy atom. The molecule has 0 radical (unpaired) electrons. The molecule has 0 N–H and O–H groups in total. The summed E-state index contributed by atoms with van der Waals surface area (Å²) in [6.45, 7) is 6.95. The van der Waals surface area contributed by atoms with Crippen LogP contribution in [0.15, 0.2) is 16.0 Å². The summed E-state index contributed by atoms with van der Waals surface area (Å²) in [5.74, 6) is 0.249. The summed E-state index contributed by atoms with van der Waals surface area (Å²) >= 11 is 1.66. The molecule has 0 saturated carbocycles. The Kier molecular flexibility index (Phi) is 3.92. The van der Waals surface area contributed by atoms with Crippen molar-refractivity contribution in [2.75, 3.05) is 31.1 Å². The van der Waals surface area contributed by atoms with E-state index >= 15 is 0 Å². The van der Waals surface area contributed by atoms with Gasteiger partial charge in [-0.2, -0.15) is 0 Å². The van der Waals surface area contributed by atoms with Gasteiger partial charge in [-0.1, -0.05) is 5.16 Å². The van der Waals surface area contributed by atoms with Crippen molar-refractivity contribution >= 4 is 22.4 Å². The van der Waals surface area contributed by atoms with Crippen LogP contribution in [0.1, 0.15) is 28.4 Å². The Balaban J connectivity index is 1.67. The molecule has 0 aromatic carbocycles. The number of thiazole rings is 1. The van der Waals surface area contributed by atoms with Crippen LogP contribution >= 0.6 is 11.3 Å². The van der Waals surface area contributed by atoms with Crippen LogP contribution in [-0.2, 0) is 0 Å². The SMILES string of the molecule is Cc1cc(C(=O)N2CCCN(c3nc(C)cs3)CC2)on1. The number of hydrogen-bond acceptors (Lipinski definition) is 6. The van der Waals surface area contributed by atoms with Crippen LogP contribution in [0.2, 0.25) is 0 Å². The number of carbonyl (C=O) groups excluding carboxylic acids is 1. The summed E-state index contributed by atoms with van der Waals surface area (Å²) in [5, 5.41) is 6.88. The van der Waals surface area contributed by atoms with Crippen LogP contribution in [0.25, 0.3) is 0 Å². The third-order valence-corrected chi connectivity index (χ3v) is 4.52. The van der Waals surface area contributed by atoms with Gasteiger partial charge in [0.15, 0.2) is 5.13 Å². The van der Waals surface area contributed by atoms with E-state index in [1.54, 1.807) is 17.4 Å². The number of carbonyl (C=O) groups is 1. The third kappa shape index (κ3) is 3.07. The van der Waals surface area contributed by atoms with Crippen molar-refractivity contribution in [1.29, 1.82) is 0 Å². The summed E-state index contributed by atoms with van der Waals surface area (Å²) in [6.07, 6.45) is 0.928. The van der Waals surface area contributed by atoms with Gasteiger partial charge >= 0.3 is 0 Å². The molecule has 7 heteroatoms. The van der Waals surface area contributed by atoms with Gasteiger partial charge in [-0.05, 0) is 20.3 Å². The average Bonchev–Trinajstić information content (AvgIpc) is 3.00. The van der Waals surface area contributed by atoms with Gasteiger partial charge in [-0.3, -0.25) is 4.79 Å². The second kappa shape index (κ2) is 5.85. The molecular weight excluding hydrogens is 288 g/mol. The van der Waals surface area contributed by atoms with Crippen molar-refractivity contribution in [3.63, 3.8) is 0 Å². The average molecular weight is 306 g/mol. The van der Waals surface area contributed by atoms with Crippen LogP contribution in [-0.4, -0.2) is 47.1 Å². The molecule has 2 aromatic rings. The minimum absolute atomic E-state index is 0.0761.